The van der Waals surface area contributed by atoms with Crippen molar-refractivity contribution in [3.63, 3.8) is 0 Å². The summed E-state index contributed by atoms with van der Waals surface area (Å²) in [6, 6.07) is 0. The molecule has 0 aliphatic carbocycles. The van der Waals surface area contributed by atoms with Gasteiger partial charge in [0.2, 0.25) is 0 Å². The zero-order valence-corrected chi connectivity index (χ0v) is 6.07. The number of rotatable bonds is 2. The molecule has 0 fully saturated rings. The van der Waals surface area contributed by atoms with Gasteiger partial charge in [-0.05, 0) is 0 Å². The summed E-state index contributed by atoms with van der Waals surface area (Å²) in [7, 11) is 0. The third kappa shape index (κ3) is 18.5. The average molecular weight is 147 g/mol. The second-order valence-electron chi connectivity index (χ2n) is 1.06. The number of hydrogen-bond acceptors (Lipinski definition) is 3. The van der Waals surface area contributed by atoms with Gasteiger partial charge in [-0.1, -0.05) is 11.8 Å². The fourth-order valence-corrected chi connectivity index (χ4v) is 0.568. The maximum Gasteiger partial charge on any atom is 0.185 e. The van der Waals surface area contributed by atoms with E-state index in [9.17, 15) is 4.79 Å². The third-order valence-corrected chi connectivity index (χ3v) is 1.19. The van der Waals surface area contributed by atoms with Crippen molar-refractivity contribution < 1.29 is 11.3 Å². The second-order valence-corrected chi connectivity index (χ2v) is 2.34. The lowest BCUT2D eigenvalue weighted by Crippen LogP contribution is -1.89. The van der Waals surface area contributed by atoms with Crippen LogP contribution < -0.4 is 0 Å². The van der Waals surface area contributed by atoms with Gasteiger partial charge in [0.05, 0.1) is 6.61 Å². The van der Waals surface area contributed by atoms with Crippen LogP contribution in [0.25, 0.3) is 0 Å². The highest BCUT2D eigenvalue weighted by atomic mass is 32.2. The lowest BCUT2D eigenvalue weighted by atomic mass is 10.9. The summed E-state index contributed by atoms with van der Waals surface area (Å²) in [5.74, 6) is 0.523. The minimum absolute atomic E-state index is 0.0639. The molecule has 0 aromatic heterocycles. The van der Waals surface area contributed by atoms with Gasteiger partial charge in [0.15, 0.2) is 5.12 Å². The molecule has 0 saturated carbocycles. The summed E-state index contributed by atoms with van der Waals surface area (Å²) in [5.41, 5.74) is 0. The first-order valence-electron chi connectivity index (χ1n) is 2.80. The van der Waals surface area contributed by atoms with E-state index >= 15 is 0 Å². The van der Waals surface area contributed by atoms with E-state index in [1.165, 1.54) is 13.3 Å². The minimum atomic E-state index is 0.0639. The SMILES string of the molecule is CC(=O)SCCO.[2H]C#C. The highest BCUT2D eigenvalue weighted by Crippen LogP contribution is 1.97. The van der Waals surface area contributed by atoms with Crippen molar-refractivity contribution in [2.75, 3.05) is 12.4 Å². The van der Waals surface area contributed by atoms with Crippen LogP contribution in [0.4, 0.5) is 0 Å². The average Bonchev–Trinajstić information content (AvgIpc) is 1.85. The van der Waals surface area contributed by atoms with Gasteiger partial charge in [-0.2, -0.15) is 0 Å². The molecular formula is C6H10O2S. The van der Waals surface area contributed by atoms with E-state index < -0.39 is 0 Å². The number of carbonyl (C=O) groups excluding carboxylic acids is 1. The van der Waals surface area contributed by atoms with Gasteiger partial charge in [-0.3, -0.25) is 4.79 Å². The van der Waals surface area contributed by atoms with Crippen LogP contribution in [0.3, 0.4) is 0 Å². The zero-order valence-electron chi connectivity index (χ0n) is 6.26. The van der Waals surface area contributed by atoms with Crippen LogP contribution in [0.1, 0.15) is 8.29 Å². The predicted molar refractivity (Wildman–Crippen MR) is 40.1 cm³/mol. The lowest BCUT2D eigenvalue weighted by Gasteiger charge is -1.86. The second kappa shape index (κ2) is 10.5. The van der Waals surface area contributed by atoms with Crippen LogP contribution in [-0.4, -0.2) is 22.6 Å². The maximum atomic E-state index is 10.1. The molecule has 0 spiro atoms. The molecule has 0 atom stereocenters. The third-order valence-electron chi connectivity index (χ3n) is 0.397. The lowest BCUT2D eigenvalue weighted by molar-refractivity contribution is -0.109. The largest absolute Gasteiger partial charge is 0.396 e. The molecule has 0 aromatic carbocycles. The molecule has 0 unspecified atom stereocenters. The Balaban J connectivity index is 0. The molecule has 3 heteroatoms. The molecule has 0 rings (SSSR count). The van der Waals surface area contributed by atoms with Crippen LogP contribution >= 0.6 is 11.8 Å². The quantitative estimate of drug-likeness (QED) is 0.578. The summed E-state index contributed by atoms with van der Waals surface area (Å²) in [6.45, 7) is 1.57. The molecule has 9 heavy (non-hydrogen) atoms. The number of terminal acetylenes is 1. The summed E-state index contributed by atoms with van der Waals surface area (Å²) in [4.78, 5) is 10.1. The van der Waals surface area contributed by atoms with Gasteiger partial charge in [-0.15, -0.1) is 12.8 Å². The Morgan fingerprint density at radius 3 is 2.56 bits per heavy atom. The van der Waals surface area contributed by atoms with Crippen molar-refractivity contribution in [1.29, 1.82) is 0 Å². The van der Waals surface area contributed by atoms with Gasteiger partial charge in [-0.25, -0.2) is 0 Å². The topological polar surface area (TPSA) is 37.3 Å². The van der Waals surface area contributed by atoms with Crippen molar-refractivity contribution in [3.8, 4) is 12.8 Å². The van der Waals surface area contributed by atoms with Crippen molar-refractivity contribution >= 4 is 16.9 Å². The van der Waals surface area contributed by atoms with Gasteiger partial charge in [0, 0.05) is 12.7 Å². The standard InChI is InChI=1S/C4H8O2S.C2H2/c1-4(6)7-3-2-5;1-2/h5H,2-3H2,1H3;1-2H/i;1D. The van der Waals surface area contributed by atoms with E-state index in [4.69, 9.17) is 6.48 Å². The molecular weight excluding hydrogens is 136 g/mol. The minimum Gasteiger partial charge on any atom is -0.396 e. The zero-order chi connectivity index (χ0) is 8.41. The molecule has 0 saturated heterocycles. The molecule has 0 heterocycles. The molecule has 0 aromatic rings. The van der Waals surface area contributed by atoms with Crippen molar-refractivity contribution in [3.05, 3.63) is 0 Å². The molecule has 0 bridgehead atoms. The Kier molecular flexibility index (Phi) is 9.97. The Morgan fingerprint density at radius 1 is 2.00 bits per heavy atom. The van der Waals surface area contributed by atoms with Gasteiger partial charge >= 0.3 is 0 Å². The predicted octanol–water partition coefficient (Wildman–Crippen LogP) is 0.508. The van der Waals surface area contributed by atoms with E-state index in [0.717, 1.165) is 11.8 Å². The maximum absolute atomic E-state index is 10.1. The van der Waals surface area contributed by atoms with Crippen LogP contribution in [0.15, 0.2) is 0 Å². The van der Waals surface area contributed by atoms with Gasteiger partial charge in [0.25, 0.3) is 0 Å². The molecule has 0 aliphatic rings. The summed E-state index contributed by atoms with van der Waals surface area (Å²) in [6.07, 6.45) is 5.76. The van der Waals surface area contributed by atoms with E-state index in [1.807, 2.05) is 0 Å². The molecule has 0 amide bonds. The summed E-state index contributed by atoms with van der Waals surface area (Å²) >= 11 is 1.14. The molecule has 0 aliphatic heterocycles. The Labute approximate surface area is 61.1 Å². The van der Waals surface area contributed by atoms with E-state index in [2.05, 4.69) is 6.42 Å². The highest BCUT2D eigenvalue weighted by molar-refractivity contribution is 8.13. The number of thioether (sulfide) groups is 1. The van der Waals surface area contributed by atoms with Crippen LogP contribution in [0.5, 0.6) is 0 Å². The number of carbonyl (C=O) groups is 1. The first-order chi connectivity index (χ1) is 4.68. The Bertz CT molecular complexity index is 119. The monoisotopic (exact) mass is 147 g/mol. The molecule has 2 nitrogen and oxygen atoms in total. The first kappa shape index (κ1) is 8.54. The number of hydrogen-bond donors (Lipinski definition) is 1. The van der Waals surface area contributed by atoms with E-state index in [-0.39, 0.29) is 11.7 Å². The fraction of sp³-hybridized carbons (Fsp3) is 0.500. The van der Waals surface area contributed by atoms with E-state index in [0.29, 0.717) is 5.75 Å². The molecule has 1 N–H and O–H groups in total. The van der Waals surface area contributed by atoms with Crippen molar-refractivity contribution in [1.82, 2.24) is 0 Å². The van der Waals surface area contributed by atoms with Crippen LogP contribution in [0, 0.1) is 12.8 Å². The highest BCUT2D eigenvalue weighted by Gasteiger charge is 1.88. The van der Waals surface area contributed by atoms with Crippen LogP contribution in [0.2, 0.25) is 0 Å². The summed E-state index contributed by atoms with van der Waals surface area (Å²) in [5, 5.41) is 8.21. The molecule has 0 radical (unpaired) electrons. The van der Waals surface area contributed by atoms with Gasteiger partial charge < -0.3 is 5.11 Å². The first-order valence-corrected chi connectivity index (χ1v) is 3.29. The van der Waals surface area contributed by atoms with Crippen molar-refractivity contribution in [2.45, 2.75) is 6.92 Å². The van der Waals surface area contributed by atoms with Gasteiger partial charge in [0.1, 0.15) is 1.37 Å². The summed E-state index contributed by atoms with van der Waals surface area (Å²) < 4.78 is 5.74. The molecule has 52 valence electrons. The van der Waals surface area contributed by atoms with E-state index in [1.54, 1.807) is 0 Å². The normalized spacial score (nSPS) is 7.89. The Morgan fingerprint density at radius 2 is 2.44 bits per heavy atom. The number of aliphatic hydroxyl groups excluding tert-OH is 1. The van der Waals surface area contributed by atoms with Crippen LogP contribution in [-0.2, 0) is 4.79 Å². The Hall–Kier alpha value is -0.460. The van der Waals surface area contributed by atoms with Crippen molar-refractivity contribution in [2.24, 2.45) is 0 Å². The smallest absolute Gasteiger partial charge is 0.185 e. The fourth-order valence-electron chi connectivity index (χ4n) is 0.189. The number of aliphatic hydroxyl groups is 1.